The molecule has 0 radical (unpaired) electrons. The van der Waals surface area contributed by atoms with Crippen molar-refractivity contribution in [2.24, 2.45) is 10.8 Å². The summed E-state index contributed by atoms with van der Waals surface area (Å²) in [5.41, 5.74) is 7.11. The number of benzene rings is 1. The van der Waals surface area contributed by atoms with Crippen molar-refractivity contribution in [2.45, 2.75) is 130 Å². The Bertz CT molecular complexity index is 712. The van der Waals surface area contributed by atoms with Crippen LogP contribution in [-0.2, 0) is 16.2 Å². The van der Waals surface area contributed by atoms with E-state index < -0.39 is 0 Å². The van der Waals surface area contributed by atoms with Crippen LogP contribution in [0.25, 0.3) is 0 Å². The average molecular weight is 417 g/mol. The van der Waals surface area contributed by atoms with Crippen LogP contribution in [0.2, 0.25) is 0 Å². The van der Waals surface area contributed by atoms with E-state index in [4.69, 9.17) is 0 Å². The molecule has 1 fully saturated rings. The highest BCUT2D eigenvalue weighted by molar-refractivity contribution is 8.08. The maximum atomic E-state index is 2.54. The molecule has 1 aliphatic rings. The Hall–Kier alpha value is -0.430. The fourth-order valence-electron chi connectivity index (χ4n) is 5.29. The van der Waals surface area contributed by atoms with Crippen molar-refractivity contribution in [3.63, 3.8) is 0 Å². The summed E-state index contributed by atoms with van der Waals surface area (Å²) >= 11 is 2.22. The molecule has 1 heterocycles. The number of thioether (sulfide) groups is 1. The minimum absolute atomic E-state index is 0.126. The standard InChI is InChI=1S/C28H48S/c1-23(2,3)18-16-19(24(4,5)6)21(20(17-18)25(7,8)9)22-28(29-22,26(10,11)12)27(13,14)15/h16-17,22H,1-15H3. The summed E-state index contributed by atoms with van der Waals surface area (Å²) in [6, 6.07) is 5.08. The predicted octanol–water partition coefficient (Wildman–Crippen LogP) is 9.20. The van der Waals surface area contributed by atoms with Gasteiger partial charge in [-0.3, -0.25) is 0 Å². The quantitative estimate of drug-likeness (QED) is 0.411. The normalized spacial score (nSPS) is 20.7. The maximum Gasteiger partial charge on any atom is 0.0466 e. The van der Waals surface area contributed by atoms with E-state index in [2.05, 4.69) is 128 Å². The van der Waals surface area contributed by atoms with Crippen LogP contribution in [0.1, 0.15) is 131 Å². The number of rotatable bonds is 1. The fraction of sp³-hybridized carbons (Fsp3) is 0.786. The van der Waals surface area contributed by atoms with Crippen molar-refractivity contribution in [1.82, 2.24) is 0 Å². The van der Waals surface area contributed by atoms with Gasteiger partial charge in [0.1, 0.15) is 0 Å². The lowest BCUT2D eigenvalue weighted by Crippen LogP contribution is -2.42. The molecule has 0 spiro atoms. The number of hydrogen-bond donors (Lipinski definition) is 0. The summed E-state index contributed by atoms with van der Waals surface area (Å²) in [6.45, 7) is 36.1. The highest BCUT2D eigenvalue weighted by atomic mass is 32.2. The largest absolute Gasteiger partial charge is 0.143 e. The molecule has 2 rings (SSSR count). The first-order chi connectivity index (χ1) is 12.5. The van der Waals surface area contributed by atoms with Crippen LogP contribution in [-0.4, -0.2) is 4.75 Å². The summed E-state index contributed by atoms with van der Waals surface area (Å²) in [5, 5.41) is 0.556. The molecular formula is C28H48S. The molecule has 0 nitrogen and oxygen atoms in total. The van der Waals surface area contributed by atoms with Gasteiger partial charge in [0.05, 0.1) is 0 Å². The minimum atomic E-state index is 0.126. The van der Waals surface area contributed by atoms with Gasteiger partial charge in [0.2, 0.25) is 0 Å². The molecule has 0 aliphatic carbocycles. The van der Waals surface area contributed by atoms with Gasteiger partial charge in [-0.15, -0.1) is 11.8 Å². The second-order valence-corrected chi connectivity index (χ2v) is 15.8. The maximum absolute atomic E-state index is 2.54. The van der Waals surface area contributed by atoms with Gasteiger partial charge in [-0.2, -0.15) is 0 Å². The van der Waals surface area contributed by atoms with Crippen LogP contribution < -0.4 is 0 Å². The highest BCUT2D eigenvalue weighted by Gasteiger charge is 2.69. The second kappa shape index (κ2) is 6.78. The van der Waals surface area contributed by atoms with Gasteiger partial charge >= 0.3 is 0 Å². The van der Waals surface area contributed by atoms with Gasteiger partial charge in [-0.25, -0.2) is 0 Å². The lowest BCUT2D eigenvalue weighted by atomic mass is 9.61. The molecule has 1 atom stereocenters. The lowest BCUT2D eigenvalue weighted by Gasteiger charge is -2.42. The molecule has 1 saturated heterocycles. The smallest absolute Gasteiger partial charge is 0.0466 e. The van der Waals surface area contributed by atoms with Crippen LogP contribution >= 0.6 is 11.8 Å². The molecule has 0 N–H and O–H groups in total. The molecule has 166 valence electrons. The lowest BCUT2D eigenvalue weighted by molar-refractivity contribution is 0.169. The first kappa shape index (κ1) is 24.8. The van der Waals surface area contributed by atoms with Crippen LogP contribution in [0.3, 0.4) is 0 Å². The molecule has 1 aliphatic heterocycles. The zero-order chi connectivity index (χ0) is 23.0. The fourth-order valence-corrected chi connectivity index (χ4v) is 7.50. The summed E-state index contributed by atoms with van der Waals surface area (Å²) in [6.07, 6.45) is 0. The van der Waals surface area contributed by atoms with E-state index >= 15 is 0 Å². The molecule has 0 aromatic heterocycles. The zero-order valence-corrected chi connectivity index (χ0v) is 23.0. The van der Waals surface area contributed by atoms with E-state index in [1.807, 2.05) is 0 Å². The van der Waals surface area contributed by atoms with Gasteiger partial charge < -0.3 is 0 Å². The first-order valence-electron chi connectivity index (χ1n) is 11.4. The van der Waals surface area contributed by atoms with Crippen molar-refractivity contribution >= 4 is 11.8 Å². The summed E-state index contributed by atoms with van der Waals surface area (Å²) < 4.78 is 0.253. The Kier molecular flexibility index (Phi) is 5.81. The number of hydrogen-bond acceptors (Lipinski definition) is 1. The van der Waals surface area contributed by atoms with Crippen LogP contribution in [0.4, 0.5) is 0 Å². The highest BCUT2D eigenvalue weighted by Crippen LogP contribution is 2.79. The van der Waals surface area contributed by atoms with Gasteiger partial charge in [0.25, 0.3) is 0 Å². The van der Waals surface area contributed by atoms with Crippen LogP contribution in [0, 0.1) is 10.8 Å². The SMILES string of the molecule is CC(C)(C)c1cc(C(C)(C)C)c(C2SC2(C(C)(C)C)C(C)(C)C)c(C(C)(C)C)c1. The van der Waals surface area contributed by atoms with Crippen molar-refractivity contribution in [3.05, 3.63) is 34.4 Å². The molecule has 0 bridgehead atoms. The Morgan fingerprint density at radius 1 is 0.586 bits per heavy atom. The molecule has 1 aromatic carbocycles. The van der Waals surface area contributed by atoms with Gasteiger partial charge in [-0.1, -0.05) is 116 Å². The Morgan fingerprint density at radius 3 is 1.14 bits per heavy atom. The van der Waals surface area contributed by atoms with Crippen LogP contribution in [0.5, 0.6) is 0 Å². The third-order valence-electron chi connectivity index (χ3n) is 6.77. The monoisotopic (exact) mass is 416 g/mol. The summed E-state index contributed by atoms with van der Waals surface area (Å²) in [4.78, 5) is 0. The Labute approximate surface area is 187 Å². The molecule has 0 amide bonds. The Morgan fingerprint density at radius 2 is 0.931 bits per heavy atom. The zero-order valence-electron chi connectivity index (χ0n) is 22.1. The summed E-state index contributed by atoms with van der Waals surface area (Å²) in [5.74, 6) is 0. The minimum Gasteiger partial charge on any atom is -0.143 e. The molecule has 1 aromatic rings. The average Bonchev–Trinajstić information content (AvgIpc) is 3.18. The summed E-state index contributed by atoms with van der Waals surface area (Å²) in [7, 11) is 0. The molecular weight excluding hydrogens is 368 g/mol. The third kappa shape index (κ3) is 4.32. The van der Waals surface area contributed by atoms with Crippen molar-refractivity contribution in [2.75, 3.05) is 0 Å². The predicted molar refractivity (Wildman–Crippen MR) is 135 cm³/mol. The van der Waals surface area contributed by atoms with Crippen molar-refractivity contribution in [1.29, 1.82) is 0 Å². The van der Waals surface area contributed by atoms with E-state index in [1.54, 1.807) is 16.7 Å². The second-order valence-electron chi connectivity index (χ2n) is 14.5. The molecule has 0 saturated carbocycles. The van der Waals surface area contributed by atoms with E-state index in [0.29, 0.717) is 5.25 Å². The van der Waals surface area contributed by atoms with Gasteiger partial charge in [-0.05, 0) is 49.3 Å². The molecule has 29 heavy (non-hydrogen) atoms. The molecule has 1 heteroatoms. The van der Waals surface area contributed by atoms with E-state index in [-0.39, 0.29) is 31.8 Å². The first-order valence-corrected chi connectivity index (χ1v) is 12.3. The topological polar surface area (TPSA) is 0 Å². The van der Waals surface area contributed by atoms with E-state index in [0.717, 1.165) is 0 Å². The van der Waals surface area contributed by atoms with Gasteiger partial charge in [0, 0.05) is 10.00 Å². The third-order valence-corrected chi connectivity index (χ3v) is 9.17. The van der Waals surface area contributed by atoms with E-state index in [1.165, 1.54) is 5.56 Å². The van der Waals surface area contributed by atoms with Crippen molar-refractivity contribution < 1.29 is 0 Å². The van der Waals surface area contributed by atoms with E-state index in [9.17, 15) is 0 Å². The molecule has 1 unspecified atom stereocenters. The van der Waals surface area contributed by atoms with Crippen LogP contribution in [0.15, 0.2) is 12.1 Å². The Balaban J connectivity index is 2.92. The van der Waals surface area contributed by atoms with Crippen molar-refractivity contribution in [3.8, 4) is 0 Å². The van der Waals surface area contributed by atoms with Gasteiger partial charge in [0.15, 0.2) is 0 Å².